The molecule has 2 heterocycles. The number of piperidine rings is 1. The first kappa shape index (κ1) is 14.3. The number of carbonyl (C=O) groups excluding carboxylic acids is 2. The van der Waals surface area contributed by atoms with Gasteiger partial charge >= 0.3 is 0 Å². The average Bonchev–Trinajstić information content (AvgIpc) is 3.18. The van der Waals surface area contributed by atoms with E-state index in [1.54, 1.807) is 12.0 Å². The summed E-state index contributed by atoms with van der Waals surface area (Å²) < 4.78 is 5.04. The molecular formula is C15H21N3O3. The number of likely N-dealkylation sites (tertiary alicyclic amines) is 2. The standard InChI is InChI=1S/C15H21N3O3/c1-21-7-6-17-5-2-11-8-18(9-12(11)13(17)19)14(20)15(10-16)3-4-15/h11-12H,2-9H2,1H3/t11-,12-/m1/s1. The van der Waals surface area contributed by atoms with Gasteiger partial charge in [0.1, 0.15) is 5.41 Å². The van der Waals surface area contributed by atoms with Gasteiger partial charge in [-0.3, -0.25) is 9.59 Å². The van der Waals surface area contributed by atoms with Gasteiger partial charge in [0, 0.05) is 33.3 Å². The van der Waals surface area contributed by atoms with E-state index in [4.69, 9.17) is 10.00 Å². The molecule has 21 heavy (non-hydrogen) atoms. The van der Waals surface area contributed by atoms with E-state index in [1.807, 2.05) is 4.90 Å². The highest BCUT2D eigenvalue weighted by Crippen LogP contribution is 2.48. The minimum atomic E-state index is -0.772. The number of ether oxygens (including phenoxy) is 1. The third-order valence-electron chi connectivity index (χ3n) is 5.07. The number of hydrogen-bond acceptors (Lipinski definition) is 4. The van der Waals surface area contributed by atoms with E-state index < -0.39 is 5.41 Å². The highest BCUT2D eigenvalue weighted by molar-refractivity contribution is 5.90. The van der Waals surface area contributed by atoms with Crippen molar-refractivity contribution in [2.75, 3.05) is 39.9 Å². The summed E-state index contributed by atoms with van der Waals surface area (Å²) in [7, 11) is 1.63. The minimum Gasteiger partial charge on any atom is -0.383 e. The summed E-state index contributed by atoms with van der Waals surface area (Å²) in [6, 6.07) is 2.16. The molecule has 2 saturated heterocycles. The van der Waals surface area contributed by atoms with Crippen LogP contribution in [0, 0.1) is 28.6 Å². The molecule has 2 amide bonds. The fraction of sp³-hybridized carbons (Fsp3) is 0.800. The molecule has 0 radical (unpaired) electrons. The second-order valence-electron chi connectivity index (χ2n) is 6.38. The molecule has 0 spiro atoms. The Labute approximate surface area is 124 Å². The van der Waals surface area contributed by atoms with Crippen LogP contribution in [0.4, 0.5) is 0 Å². The van der Waals surface area contributed by atoms with E-state index in [0.29, 0.717) is 39.1 Å². The molecule has 2 aliphatic heterocycles. The molecule has 114 valence electrons. The van der Waals surface area contributed by atoms with Gasteiger partial charge in [-0.05, 0) is 25.2 Å². The highest BCUT2D eigenvalue weighted by atomic mass is 16.5. The number of fused-ring (bicyclic) bond motifs is 1. The van der Waals surface area contributed by atoms with E-state index in [1.165, 1.54) is 0 Å². The molecule has 2 atom stereocenters. The lowest BCUT2D eigenvalue weighted by Gasteiger charge is -2.33. The maximum absolute atomic E-state index is 12.5. The van der Waals surface area contributed by atoms with Crippen LogP contribution in [-0.4, -0.2) is 61.5 Å². The van der Waals surface area contributed by atoms with Gasteiger partial charge in [0.2, 0.25) is 11.8 Å². The van der Waals surface area contributed by atoms with Crippen LogP contribution in [-0.2, 0) is 14.3 Å². The van der Waals surface area contributed by atoms with Gasteiger partial charge < -0.3 is 14.5 Å². The van der Waals surface area contributed by atoms with E-state index in [0.717, 1.165) is 13.0 Å². The van der Waals surface area contributed by atoms with Gasteiger partial charge in [0.05, 0.1) is 18.6 Å². The molecule has 0 aromatic carbocycles. The Balaban J connectivity index is 1.64. The first-order chi connectivity index (χ1) is 10.1. The zero-order valence-corrected chi connectivity index (χ0v) is 12.4. The van der Waals surface area contributed by atoms with E-state index in [9.17, 15) is 9.59 Å². The molecule has 0 N–H and O–H groups in total. The van der Waals surface area contributed by atoms with Crippen molar-refractivity contribution >= 4 is 11.8 Å². The SMILES string of the molecule is COCCN1CC[C@@H]2CN(C(=O)C3(C#N)CC3)C[C@H]2C1=O. The van der Waals surface area contributed by atoms with Crippen LogP contribution < -0.4 is 0 Å². The molecule has 3 rings (SSSR count). The molecular weight excluding hydrogens is 270 g/mol. The Morgan fingerprint density at radius 3 is 2.86 bits per heavy atom. The Morgan fingerprint density at radius 1 is 1.48 bits per heavy atom. The lowest BCUT2D eigenvalue weighted by molar-refractivity contribution is -0.140. The number of rotatable bonds is 4. The van der Waals surface area contributed by atoms with Crippen molar-refractivity contribution < 1.29 is 14.3 Å². The van der Waals surface area contributed by atoms with Crippen LogP contribution in [0.25, 0.3) is 0 Å². The van der Waals surface area contributed by atoms with Gasteiger partial charge in [0.25, 0.3) is 0 Å². The Hall–Kier alpha value is -1.61. The summed E-state index contributed by atoms with van der Waals surface area (Å²) in [4.78, 5) is 28.5. The van der Waals surface area contributed by atoms with Crippen LogP contribution in [0.1, 0.15) is 19.3 Å². The predicted molar refractivity (Wildman–Crippen MR) is 73.9 cm³/mol. The van der Waals surface area contributed by atoms with Crippen molar-refractivity contribution in [2.45, 2.75) is 19.3 Å². The fourth-order valence-electron chi connectivity index (χ4n) is 3.50. The number of methoxy groups -OCH3 is 1. The molecule has 0 bridgehead atoms. The van der Waals surface area contributed by atoms with Gasteiger partial charge in [0.15, 0.2) is 0 Å². The summed E-state index contributed by atoms with van der Waals surface area (Å²) in [5.41, 5.74) is -0.772. The number of carbonyl (C=O) groups is 2. The summed E-state index contributed by atoms with van der Waals surface area (Å²) in [5, 5.41) is 9.15. The van der Waals surface area contributed by atoms with E-state index >= 15 is 0 Å². The summed E-state index contributed by atoms with van der Waals surface area (Å²) in [5.74, 6) is 0.250. The topological polar surface area (TPSA) is 73.6 Å². The zero-order chi connectivity index (χ0) is 15.0. The number of nitriles is 1. The van der Waals surface area contributed by atoms with Crippen molar-refractivity contribution in [3.8, 4) is 6.07 Å². The lowest BCUT2D eigenvalue weighted by Crippen LogP contribution is -2.46. The van der Waals surface area contributed by atoms with E-state index in [2.05, 4.69) is 6.07 Å². The molecule has 6 heteroatoms. The molecule has 1 aliphatic carbocycles. The first-order valence-corrected chi connectivity index (χ1v) is 7.59. The molecule has 1 saturated carbocycles. The maximum Gasteiger partial charge on any atom is 0.243 e. The molecule has 0 unspecified atom stereocenters. The van der Waals surface area contributed by atoms with Crippen LogP contribution in [0.2, 0.25) is 0 Å². The third kappa shape index (κ3) is 2.40. The lowest BCUT2D eigenvalue weighted by atomic mass is 9.88. The monoisotopic (exact) mass is 291 g/mol. The average molecular weight is 291 g/mol. The van der Waals surface area contributed by atoms with Crippen LogP contribution in [0.5, 0.6) is 0 Å². The summed E-state index contributed by atoms with van der Waals surface area (Å²) in [6.07, 6.45) is 2.27. The number of amides is 2. The van der Waals surface area contributed by atoms with Gasteiger partial charge in [-0.1, -0.05) is 0 Å². The second kappa shape index (κ2) is 5.30. The van der Waals surface area contributed by atoms with Crippen LogP contribution in [0.15, 0.2) is 0 Å². The van der Waals surface area contributed by atoms with Crippen LogP contribution >= 0.6 is 0 Å². The second-order valence-corrected chi connectivity index (χ2v) is 6.38. The normalized spacial score (nSPS) is 30.0. The summed E-state index contributed by atoms with van der Waals surface area (Å²) >= 11 is 0. The minimum absolute atomic E-state index is 0.0596. The molecule has 0 aromatic heterocycles. The Bertz CT molecular complexity index is 495. The van der Waals surface area contributed by atoms with Crippen molar-refractivity contribution in [2.24, 2.45) is 17.3 Å². The van der Waals surface area contributed by atoms with Crippen molar-refractivity contribution in [3.05, 3.63) is 0 Å². The quantitative estimate of drug-likeness (QED) is 0.744. The predicted octanol–water partition coefficient (Wildman–Crippen LogP) is 0.243. The summed E-state index contributed by atoms with van der Waals surface area (Å²) in [6.45, 7) is 3.03. The van der Waals surface area contributed by atoms with Gasteiger partial charge in [-0.25, -0.2) is 0 Å². The van der Waals surface area contributed by atoms with Crippen molar-refractivity contribution in [1.29, 1.82) is 5.26 Å². The zero-order valence-electron chi connectivity index (χ0n) is 12.4. The van der Waals surface area contributed by atoms with Gasteiger partial charge in [-0.15, -0.1) is 0 Å². The molecule has 6 nitrogen and oxygen atoms in total. The van der Waals surface area contributed by atoms with Gasteiger partial charge in [-0.2, -0.15) is 5.26 Å². The van der Waals surface area contributed by atoms with Crippen molar-refractivity contribution in [3.63, 3.8) is 0 Å². The third-order valence-corrected chi connectivity index (χ3v) is 5.07. The largest absolute Gasteiger partial charge is 0.383 e. The maximum atomic E-state index is 12.5. The first-order valence-electron chi connectivity index (χ1n) is 7.59. The Morgan fingerprint density at radius 2 is 2.24 bits per heavy atom. The number of nitrogens with zero attached hydrogens (tertiary/aromatic N) is 3. The van der Waals surface area contributed by atoms with Crippen molar-refractivity contribution in [1.82, 2.24) is 9.80 Å². The highest BCUT2D eigenvalue weighted by Gasteiger charge is 2.55. The van der Waals surface area contributed by atoms with Crippen LogP contribution in [0.3, 0.4) is 0 Å². The van der Waals surface area contributed by atoms with E-state index in [-0.39, 0.29) is 23.7 Å². The Kier molecular flexibility index (Phi) is 3.62. The molecule has 3 aliphatic rings. The smallest absolute Gasteiger partial charge is 0.243 e. The fourth-order valence-corrected chi connectivity index (χ4v) is 3.50. The molecule has 3 fully saturated rings. The molecule has 0 aromatic rings. The number of hydrogen-bond donors (Lipinski definition) is 0.